The first-order valence-corrected chi connectivity index (χ1v) is 10.7. The molecule has 1 heterocycles. The second kappa shape index (κ2) is 10.0. The van der Waals surface area contributed by atoms with E-state index in [2.05, 4.69) is 4.74 Å². The first-order valence-electron chi connectivity index (χ1n) is 9.25. The Morgan fingerprint density at radius 1 is 1.16 bits per heavy atom. The molecule has 32 heavy (non-hydrogen) atoms. The number of ether oxygens (including phenoxy) is 1. The van der Waals surface area contributed by atoms with E-state index in [1.165, 1.54) is 23.1 Å². The molecule has 0 aromatic heterocycles. The zero-order valence-electron chi connectivity index (χ0n) is 16.4. The number of piperazine rings is 1. The van der Waals surface area contributed by atoms with Gasteiger partial charge in [0.1, 0.15) is 5.82 Å². The van der Waals surface area contributed by atoms with E-state index in [9.17, 15) is 26.6 Å². The molecule has 1 aliphatic rings. The van der Waals surface area contributed by atoms with Crippen LogP contribution in [0.2, 0.25) is 5.02 Å². The monoisotopic (exact) mass is 495 g/mol. The minimum Gasteiger partial charge on any atom is -0.404 e. The molecule has 0 radical (unpaired) electrons. The summed E-state index contributed by atoms with van der Waals surface area (Å²) in [5.74, 6) is -1.80. The lowest BCUT2D eigenvalue weighted by molar-refractivity contribution is -0.274. The lowest BCUT2D eigenvalue weighted by Gasteiger charge is -2.35. The number of carbonyl (C=O) groups excluding carboxylic acids is 1. The molecule has 0 saturated carbocycles. The summed E-state index contributed by atoms with van der Waals surface area (Å²) < 4.78 is 77.0. The Hall–Kier alpha value is -2.41. The van der Waals surface area contributed by atoms with Crippen molar-refractivity contribution in [3.05, 3.63) is 58.4 Å². The predicted molar refractivity (Wildman–Crippen MR) is 110 cm³/mol. The fourth-order valence-corrected chi connectivity index (χ4v) is 3.79. The van der Waals surface area contributed by atoms with Gasteiger partial charge in [-0.05, 0) is 35.9 Å². The van der Waals surface area contributed by atoms with E-state index < -0.39 is 35.1 Å². The minimum atomic E-state index is -5.05. The fourth-order valence-electron chi connectivity index (χ4n) is 3.23. The Bertz CT molecular complexity index is 1020. The number of hydrogen-bond acceptors (Lipinski definition) is 4. The molecule has 174 valence electrons. The number of hydrogen-bond donors (Lipinski definition) is 2. The predicted octanol–water partition coefficient (Wildman–Crippen LogP) is 3.88. The van der Waals surface area contributed by atoms with Gasteiger partial charge in [-0.3, -0.25) is 19.0 Å². The smallest absolute Gasteiger partial charge is 0.404 e. The van der Waals surface area contributed by atoms with Gasteiger partial charge >= 0.3 is 6.36 Å². The number of anilines is 1. The summed E-state index contributed by atoms with van der Waals surface area (Å²) in [6, 6.07) is 7.62. The number of rotatable bonds is 6. The van der Waals surface area contributed by atoms with Gasteiger partial charge in [0.15, 0.2) is 5.75 Å². The highest BCUT2D eigenvalue weighted by atomic mass is 35.5. The van der Waals surface area contributed by atoms with Crippen molar-refractivity contribution in [1.82, 2.24) is 9.80 Å². The molecular formula is C19H18ClF4N3O4S. The van der Waals surface area contributed by atoms with E-state index in [0.717, 1.165) is 17.7 Å². The van der Waals surface area contributed by atoms with E-state index in [1.54, 1.807) is 6.07 Å². The highest BCUT2D eigenvalue weighted by molar-refractivity contribution is 7.80. The van der Waals surface area contributed by atoms with Crippen molar-refractivity contribution < 1.29 is 35.9 Å². The van der Waals surface area contributed by atoms with Crippen molar-refractivity contribution in [2.24, 2.45) is 0 Å². The summed E-state index contributed by atoms with van der Waals surface area (Å²) in [4.78, 5) is 16.3. The molecule has 1 saturated heterocycles. The minimum absolute atomic E-state index is 0.0242. The molecular weight excluding hydrogens is 478 g/mol. The van der Waals surface area contributed by atoms with Crippen LogP contribution in [0.3, 0.4) is 0 Å². The number of alkyl halides is 3. The van der Waals surface area contributed by atoms with Crippen LogP contribution in [0.25, 0.3) is 0 Å². The van der Waals surface area contributed by atoms with Crippen molar-refractivity contribution >= 4 is 34.5 Å². The van der Waals surface area contributed by atoms with Gasteiger partial charge in [-0.2, -0.15) is 0 Å². The summed E-state index contributed by atoms with van der Waals surface area (Å²) in [5, 5.41) is 0.0242. The standard InChI is InChI=1S/C19H18ClF4N3O4S/c20-14-9-12(1-3-15(14)21)11-26-5-7-27(8-6-26)18(28)13-2-4-16(25-32(29)30)17(10-13)31-19(22,23)24/h1-4,9-10,25H,5-8,11H2,(H,29,30). The zero-order valence-corrected chi connectivity index (χ0v) is 17.9. The molecule has 1 atom stereocenters. The third-order valence-electron chi connectivity index (χ3n) is 4.70. The number of halogens is 5. The average Bonchev–Trinajstić information content (AvgIpc) is 2.71. The third-order valence-corrected chi connectivity index (χ3v) is 5.39. The normalized spacial score (nSPS) is 16.0. The van der Waals surface area contributed by atoms with E-state index in [-0.39, 0.29) is 16.3 Å². The molecule has 7 nitrogen and oxygen atoms in total. The maximum absolute atomic E-state index is 13.3. The molecule has 1 unspecified atom stereocenters. The molecule has 0 aliphatic carbocycles. The van der Waals surface area contributed by atoms with Crippen molar-refractivity contribution in [1.29, 1.82) is 0 Å². The summed E-state index contributed by atoms with van der Waals surface area (Å²) >= 11 is 3.17. The van der Waals surface area contributed by atoms with Gasteiger partial charge in [0.2, 0.25) is 0 Å². The van der Waals surface area contributed by atoms with Crippen LogP contribution in [0.15, 0.2) is 36.4 Å². The van der Waals surface area contributed by atoms with Crippen molar-refractivity contribution in [3.8, 4) is 5.75 Å². The van der Waals surface area contributed by atoms with E-state index in [1.807, 2.05) is 9.62 Å². The number of nitrogens with zero attached hydrogens (tertiary/aromatic N) is 2. The highest BCUT2D eigenvalue weighted by Crippen LogP contribution is 2.32. The number of nitrogens with one attached hydrogen (secondary N) is 1. The van der Waals surface area contributed by atoms with Gasteiger partial charge in [-0.1, -0.05) is 17.7 Å². The molecule has 0 bridgehead atoms. The Morgan fingerprint density at radius 3 is 2.44 bits per heavy atom. The summed E-state index contributed by atoms with van der Waals surface area (Å²) in [6.07, 6.45) is -5.05. The Kier molecular flexibility index (Phi) is 7.59. The number of benzene rings is 2. The topological polar surface area (TPSA) is 82.1 Å². The maximum Gasteiger partial charge on any atom is 0.573 e. The number of amides is 1. The molecule has 3 rings (SSSR count). The lowest BCUT2D eigenvalue weighted by Crippen LogP contribution is -2.48. The summed E-state index contributed by atoms with van der Waals surface area (Å²) in [5.41, 5.74) is 0.370. The third kappa shape index (κ3) is 6.55. The largest absolute Gasteiger partial charge is 0.573 e. The van der Waals surface area contributed by atoms with Gasteiger partial charge in [-0.25, -0.2) is 8.60 Å². The molecule has 2 aromatic rings. The van der Waals surface area contributed by atoms with Gasteiger partial charge < -0.3 is 9.64 Å². The van der Waals surface area contributed by atoms with Crippen LogP contribution in [-0.2, 0) is 17.8 Å². The van der Waals surface area contributed by atoms with E-state index in [4.69, 9.17) is 16.2 Å². The Balaban J connectivity index is 1.66. The Morgan fingerprint density at radius 2 is 1.84 bits per heavy atom. The fraction of sp³-hybridized carbons (Fsp3) is 0.316. The van der Waals surface area contributed by atoms with E-state index >= 15 is 0 Å². The van der Waals surface area contributed by atoms with Crippen LogP contribution in [-0.4, -0.2) is 57.0 Å². The molecule has 2 N–H and O–H groups in total. The van der Waals surface area contributed by atoms with E-state index in [0.29, 0.717) is 32.7 Å². The first-order chi connectivity index (χ1) is 15.0. The van der Waals surface area contributed by atoms with Crippen molar-refractivity contribution in [3.63, 3.8) is 0 Å². The van der Waals surface area contributed by atoms with Crippen molar-refractivity contribution in [2.75, 3.05) is 30.9 Å². The Labute approximate surface area is 188 Å². The molecule has 13 heteroatoms. The van der Waals surface area contributed by atoms with Gasteiger partial charge in [0.25, 0.3) is 17.2 Å². The second-order valence-corrected chi connectivity index (χ2v) is 8.04. The van der Waals surface area contributed by atoms with Crippen LogP contribution >= 0.6 is 11.6 Å². The van der Waals surface area contributed by atoms with Gasteiger partial charge in [0, 0.05) is 38.3 Å². The van der Waals surface area contributed by atoms with Crippen LogP contribution in [0, 0.1) is 5.82 Å². The van der Waals surface area contributed by atoms with Gasteiger partial charge in [-0.15, -0.1) is 13.2 Å². The summed E-state index contributed by atoms with van der Waals surface area (Å²) in [7, 11) is 0. The SMILES string of the molecule is O=C(c1ccc(NS(=O)O)c(OC(F)(F)F)c1)N1CCN(Cc2ccc(F)c(Cl)c2)CC1. The number of carbonyl (C=O) groups is 1. The molecule has 2 aromatic carbocycles. The van der Waals surface area contributed by atoms with Crippen molar-refractivity contribution in [2.45, 2.75) is 12.9 Å². The highest BCUT2D eigenvalue weighted by Gasteiger charge is 2.33. The molecule has 1 fully saturated rings. The molecule has 1 amide bonds. The summed E-state index contributed by atoms with van der Waals surface area (Å²) in [6.45, 7) is 2.14. The van der Waals surface area contributed by atoms with Gasteiger partial charge in [0.05, 0.1) is 10.7 Å². The molecule has 0 spiro atoms. The zero-order chi connectivity index (χ0) is 23.5. The second-order valence-electron chi connectivity index (χ2n) is 6.93. The van der Waals surface area contributed by atoms with Crippen LogP contribution < -0.4 is 9.46 Å². The van der Waals surface area contributed by atoms with Crippen LogP contribution in [0.1, 0.15) is 15.9 Å². The molecule has 1 aliphatic heterocycles. The maximum atomic E-state index is 13.3. The van der Waals surface area contributed by atoms with Crippen LogP contribution in [0.4, 0.5) is 23.2 Å². The first kappa shape index (κ1) is 24.2. The quantitative estimate of drug-likeness (QED) is 0.469. The van der Waals surface area contributed by atoms with Crippen LogP contribution in [0.5, 0.6) is 5.75 Å². The lowest BCUT2D eigenvalue weighted by atomic mass is 10.1. The average molecular weight is 496 g/mol.